The van der Waals surface area contributed by atoms with Crippen LogP contribution in [-0.4, -0.2) is 70.1 Å². The number of hydrogen-bond acceptors (Lipinski definition) is 6. The van der Waals surface area contributed by atoms with Gasteiger partial charge in [-0.15, -0.1) is 0 Å². The molecular weight excluding hydrogens is 358 g/mol. The van der Waals surface area contributed by atoms with Gasteiger partial charge in [0.25, 0.3) is 0 Å². The lowest BCUT2D eigenvalue weighted by Gasteiger charge is -2.36. The Morgan fingerprint density at radius 3 is 2.42 bits per heavy atom. The van der Waals surface area contributed by atoms with Gasteiger partial charge in [0.15, 0.2) is 0 Å². The van der Waals surface area contributed by atoms with Crippen molar-refractivity contribution in [2.75, 3.05) is 50.5 Å². The van der Waals surface area contributed by atoms with Crippen LogP contribution < -0.4 is 15.0 Å². The lowest BCUT2D eigenvalue weighted by atomic mass is 10.2. The largest absolute Gasteiger partial charge is 0.495 e. The third-order valence-corrected chi connectivity index (χ3v) is 5.85. The minimum Gasteiger partial charge on any atom is -0.495 e. The standard InChI is InChI=1S/C17H25N3O5S/c1-3-12-26(23,24)17(22)18-13-16(21)20-10-8-19(9-11-20)14-6-4-5-7-15(14)25-2/h4-7H,3,8-13H2,1-2H3,(H,18,22). The maximum Gasteiger partial charge on any atom is 0.336 e. The summed E-state index contributed by atoms with van der Waals surface area (Å²) in [5.41, 5.74) is 0.973. The van der Waals surface area contributed by atoms with Gasteiger partial charge in [-0.05, 0) is 18.6 Å². The van der Waals surface area contributed by atoms with Crippen molar-refractivity contribution in [1.82, 2.24) is 10.2 Å². The Labute approximate surface area is 154 Å². The summed E-state index contributed by atoms with van der Waals surface area (Å²) in [6.07, 6.45) is 0.356. The van der Waals surface area contributed by atoms with Crippen LogP contribution in [0.3, 0.4) is 0 Å². The van der Waals surface area contributed by atoms with Gasteiger partial charge in [-0.25, -0.2) is 8.42 Å². The maximum atomic E-state index is 12.2. The van der Waals surface area contributed by atoms with Gasteiger partial charge in [0.2, 0.25) is 15.7 Å². The Morgan fingerprint density at radius 1 is 1.15 bits per heavy atom. The predicted molar refractivity (Wildman–Crippen MR) is 99.3 cm³/mol. The monoisotopic (exact) mass is 383 g/mol. The highest BCUT2D eigenvalue weighted by Gasteiger charge is 2.25. The van der Waals surface area contributed by atoms with Crippen LogP contribution in [0.1, 0.15) is 13.3 Å². The number of carbonyl (C=O) groups excluding carboxylic acids is 2. The summed E-state index contributed by atoms with van der Waals surface area (Å²) in [6, 6.07) is 7.69. The van der Waals surface area contributed by atoms with E-state index in [1.807, 2.05) is 24.3 Å². The fourth-order valence-electron chi connectivity index (χ4n) is 2.82. The molecule has 0 aliphatic carbocycles. The lowest BCUT2D eigenvalue weighted by molar-refractivity contribution is -0.130. The van der Waals surface area contributed by atoms with Gasteiger partial charge in [0.05, 0.1) is 25.1 Å². The molecule has 26 heavy (non-hydrogen) atoms. The normalized spacial score (nSPS) is 14.8. The fourth-order valence-corrected chi connectivity index (χ4v) is 3.83. The SMILES string of the molecule is CCCS(=O)(=O)C(=O)NCC(=O)N1CCN(c2ccccc2OC)CC1. The van der Waals surface area contributed by atoms with E-state index in [0.717, 1.165) is 11.4 Å². The number of hydrogen-bond donors (Lipinski definition) is 1. The smallest absolute Gasteiger partial charge is 0.336 e. The number of amides is 2. The first-order valence-corrected chi connectivity index (χ1v) is 10.2. The molecule has 0 unspecified atom stereocenters. The number of benzene rings is 1. The van der Waals surface area contributed by atoms with Gasteiger partial charge in [-0.2, -0.15) is 0 Å². The van der Waals surface area contributed by atoms with Crippen molar-refractivity contribution in [3.05, 3.63) is 24.3 Å². The highest BCUT2D eigenvalue weighted by molar-refractivity contribution is 8.06. The number of carbonyl (C=O) groups is 2. The first kappa shape index (κ1) is 20.0. The average Bonchev–Trinajstić information content (AvgIpc) is 2.65. The third kappa shape index (κ3) is 4.87. The fraction of sp³-hybridized carbons (Fsp3) is 0.529. The molecule has 1 aliphatic rings. The summed E-state index contributed by atoms with van der Waals surface area (Å²) in [5.74, 6) is 0.273. The van der Waals surface area contributed by atoms with Crippen LogP contribution >= 0.6 is 0 Å². The highest BCUT2D eigenvalue weighted by Crippen LogP contribution is 2.28. The Hall–Kier alpha value is -2.29. The van der Waals surface area contributed by atoms with Crippen LogP contribution in [0.5, 0.6) is 5.75 Å². The van der Waals surface area contributed by atoms with E-state index in [1.165, 1.54) is 0 Å². The van der Waals surface area contributed by atoms with Crippen molar-refractivity contribution < 1.29 is 22.7 Å². The number of sulfone groups is 1. The van der Waals surface area contributed by atoms with Crippen molar-refractivity contribution in [2.45, 2.75) is 13.3 Å². The Bertz CT molecular complexity index is 743. The van der Waals surface area contributed by atoms with Gasteiger partial charge < -0.3 is 19.9 Å². The first-order valence-electron chi connectivity index (χ1n) is 8.55. The molecule has 0 radical (unpaired) electrons. The molecule has 8 nitrogen and oxygen atoms in total. The summed E-state index contributed by atoms with van der Waals surface area (Å²) in [7, 11) is -2.21. The zero-order valence-corrected chi connectivity index (χ0v) is 15.9. The van der Waals surface area contributed by atoms with E-state index in [1.54, 1.807) is 18.9 Å². The van der Waals surface area contributed by atoms with Gasteiger partial charge >= 0.3 is 5.24 Å². The van der Waals surface area contributed by atoms with Crippen molar-refractivity contribution >= 4 is 26.7 Å². The molecule has 2 rings (SSSR count). The topological polar surface area (TPSA) is 96.0 Å². The van der Waals surface area contributed by atoms with Gasteiger partial charge in [0.1, 0.15) is 5.75 Å². The molecule has 144 valence electrons. The third-order valence-electron chi connectivity index (χ3n) is 4.20. The summed E-state index contributed by atoms with van der Waals surface area (Å²) >= 11 is 0. The molecule has 0 aromatic heterocycles. The zero-order valence-electron chi connectivity index (χ0n) is 15.1. The van der Waals surface area contributed by atoms with Gasteiger partial charge in [0, 0.05) is 26.2 Å². The molecule has 0 atom stereocenters. The number of nitrogens with one attached hydrogen (secondary N) is 1. The molecule has 1 aliphatic heterocycles. The molecule has 1 N–H and O–H groups in total. The molecule has 1 fully saturated rings. The number of anilines is 1. The molecule has 1 aromatic carbocycles. The van der Waals surface area contributed by atoms with Crippen LogP contribution in [0.15, 0.2) is 24.3 Å². The van der Waals surface area contributed by atoms with Gasteiger partial charge in [-0.1, -0.05) is 19.1 Å². The molecule has 1 heterocycles. The maximum absolute atomic E-state index is 12.2. The van der Waals surface area contributed by atoms with E-state index in [0.29, 0.717) is 32.6 Å². The average molecular weight is 383 g/mol. The van der Waals surface area contributed by atoms with Crippen molar-refractivity contribution in [2.24, 2.45) is 0 Å². The first-order chi connectivity index (χ1) is 12.4. The number of methoxy groups -OCH3 is 1. The van der Waals surface area contributed by atoms with E-state index in [9.17, 15) is 18.0 Å². The second kappa shape index (κ2) is 8.88. The minimum atomic E-state index is -3.83. The Balaban J connectivity index is 1.86. The van der Waals surface area contributed by atoms with Crippen molar-refractivity contribution in [3.63, 3.8) is 0 Å². The number of para-hydroxylation sites is 2. The van der Waals surface area contributed by atoms with Crippen LogP contribution in [-0.2, 0) is 14.6 Å². The molecular formula is C17H25N3O5S. The summed E-state index contributed by atoms with van der Waals surface area (Å²) in [4.78, 5) is 27.6. The van der Waals surface area contributed by atoms with E-state index in [2.05, 4.69) is 10.2 Å². The van der Waals surface area contributed by atoms with E-state index in [-0.39, 0.29) is 18.2 Å². The predicted octanol–water partition coefficient (Wildman–Crippen LogP) is 0.878. The lowest BCUT2D eigenvalue weighted by Crippen LogP contribution is -2.51. The minimum absolute atomic E-state index is 0.218. The van der Waals surface area contributed by atoms with E-state index in [4.69, 9.17) is 4.74 Å². The van der Waals surface area contributed by atoms with Gasteiger partial charge in [-0.3, -0.25) is 9.59 Å². The summed E-state index contributed by atoms with van der Waals surface area (Å²) < 4.78 is 28.6. The van der Waals surface area contributed by atoms with Crippen LogP contribution in [0, 0.1) is 0 Å². The number of nitrogens with zero attached hydrogens (tertiary/aromatic N) is 2. The van der Waals surface area contributed by atoms with E-state index >= 15 is 0 Å². The molecule has 1 saturated heterocycles. The number of piperazine rings is 1. The molecule has 2 amide bonds. The van der Waals surface area contributed by atoms with Crippen LogP contribution in [0.4, 0.5) is 10.5 Å². The quantitative estimate of drug-likeness (QED) is 0.783. The second-order valence-corrected chi connectivity index (χ2v) is 8.01. The Kier molecular flexibility index (Phi) is 6.84. The summed E-state index contributed by atoms with van der Waals surface area (Å²) in [6.45, 7) is 3.62. The molecule has 0 saturated carbocycles. The summed E-state index contributed by atoms with van der Waals surface area (Å²) in [5, 5.41) is 1.13. The van der Waals surface area contributed by atoms with Crippen LogP contribution in [0.25, 0.3) is 0 Å². The number of rotatable bonds is 6. The molecule has 9 heteroatoms. The molecule has 0 spiro atoms. The highest BCUT2D eigenvalue weighted by atomic mass is 32.2. The van der Waals surface area contributed by atoms with Crippen molar-refractivity contribution in [1.29, 1.82) is 0 Å². The molecule has 1 aromatic rings. The second-order valence-electron chi connectivity index (χ2n) is 6.00. The Morgan fingerprint density at radius 2 is 1.81 bits per heavy atom. The van der Waals surface area contributed by atoms with Crippen molar-refractivity contribution in [3.8, 4) is 5.75 Å². The molecule has 0 bridgehead atoms. The van der Waals surface area contributed by atoms with E-state index < -0.39 is 15.1 Å². The zero-order chi connectivity index (χ0) is 19.2. The number of ether oxygens (including phenoxy) is 1. The van der Waals surface area contributed by atoms with Crippen LogP contribution in [0.2, 0.25) is 0 Å².